The highest BCUT2D eigenvalue weighted by atomic mass is 16.5. The number of aliphatic hydroxyl groups is 2. The van der Waals surface area contributed by atoms with Crippen LogP contribution in [0.5, 0.6) is 5.75 Å². The van der Waals surface area contributed by atoms with Crippen LogP contribution in [0.25, 0.3) is 0 Å². The van der Waals surface area contributed by atoms with Gasteiger partial charge in [0.25, 0.3) is 0 Å². The van der Waals surface area contributed by atoms with Gasteiger partial charge in [0.1, 0.15) is 5.75 Å². The van der Waals surface area contributed by atoms with Crippen LogP contribution < -0.4 is 4.74 Å². The van der Waals surface area contributed by atoms with Crippen LogP contribution in [0.2, 0.25) is 0 Å². The molecule has 1 aromatic carbocycles. The Morgan fingerprint density at radius 1 is 1.31 bits per heavy atom. The largest absolute Gasteiger partial charge is 0.426 e. The summed E-state index contributed by atoms with van der Waals surface area (Å²) in [5.41, 5.74) is 1.74. The summed E-state index contributed by atoms with van der Waals surface area (Å²) in [6.07, 6.45) is -0.810. The van der Waals surface area contributed by atoms with E-state index in [2.05, 4.69) is 0 Å². The molecule has 1 aromatic rings. The van der Waals surface area contributed by atoms with Crippen molar-refractivity contribution >= 4 is 5.97 Å². The monoisotopic (exact) mass is 222 g/mol. The van der Waals surface area contributed by atoms with E-state index in [1.165, 1.54) is 6.92 Å². The van der Waals surface area contributed by atoms with E-state index in [4.69, 9.17) is 4.74 Å². The van der Waals surface area contributed by atoms with Crippen molar-refractivity contribution in [3.63, 3.8) is 0 Å². The molecule has 0 heterocycles. The molecule has 0 bridgehead atoms. The molecule has 0 unspecified atom stereocenters. The Balaban J connectivity index is 2.36. The van der Waals surface area contributed by atoms with Crippen molar-refractivity contribution in [1.82, 2.24) is 0 Å². The SMILES string of the molecule is CC(=O)Oc1cccc2c1C[C@H](O)[C@@H](O)C2. The van der Waals surface area contributed by atoms with Crippen LogP contribution in [-0.2, 0) is 17.6 Å². The zero-order valence-corrected chi connectivity index (χ0v) is 9.01. The molecule has 4 nitrogen and oxygen atoms in total. The first kappa shape index (κ1) is 11.1. The molecule has 2 N–H and O–H groups in total. The van der Waals surface area contributed by atoms with Crippen molar-refractivity contribution in [3.8, 4) is 5.75 Å². The predicted molar refractivity (Wildman–Crippen MR) is 57.2 cm³/mol. The van der Waals surface area contributed by atoms with Crippen molar-refractivity contribution in [2.75, 3.05) is 0 Å². The summed E-state index contributed by atoms with van der Waals surface area (Å²) in [6.45, 7) is 1.34. The Morgan fingerprint density at radius 3 is 2.69 bits per heavy atom. The molecule has 4 heteroatoms. The molecule has 2 rings (SSSR count). The van der Waals surface area contributed by atoms with Gasteiger partial charge in [-0.25, -0.2) is 0 Å². The molecular weight excluding hydrogens is 208 g/mol. The number of carbonyl (C=O) groups is 1. The molecule has 1 aliphatic carbocycles. The summed E-state index contributed by atoms with van der Waals surface area (Å²) in [6, 6.07) is 5.35. The fourth-order valence-electron chi connectivity index (χ4n) is 1.99. The maximum atomic E-state index is 10.9. The van der Waals surface area contributed by atoms with E-state index >= 15 is 0 Å². The molecule has 0 radical (unpaired) electrons. The average Bonchev–Trinajstić information content (AvgIpc) is 2.20. The molecule has 0 fully saturated rings. The number of rotatable bonds is 1. The molecule has 0 spiro atoms. The first-order valence-electron chi connectivity index (χ1n) is 5.23. The van der Waals surface area contributed by atoms with Gasteiger partial charge >= 0.3 is 5.97 Å². The number of benzene rings is 1. The maximum Gasteiger partial charge on any atom is 0.308 e. The zero-order chi connectivity index (χ0) is 11.7. The van der Waals surface area contributed by atoms with Crippen LogP contribution in [-0.4, -0.2) is 28.4 Å². The van der Waals surface area contributed by atoms with Crippen molar-refractivity contribution in [2.45, 2.75) is 32.0 Å². The van der Waals surface area contributed by atoms with Gasteiger partial charge in [-0.3, -0.25) is 4.79 Å². The number of fused-ring (bicyclic) bond motifs is 1. The Bertz CT molecular complexity index is 413. The molecule has 1 aliphatic rings. The summed E-state index contributed by atoms with van der Waals surface area (Å²) < 4.78 is 5.06. The van der Waals surface area contributed by atoms with Gasteiger partial charge in [-0.15, -0.1) is 0 Å². The second-order valence-corrected chi connectivity index (χ2v) is 4.03. The minimum absolute atomic E-state index is 0.319. The van der Waals surface area contributed by atoms with Crippen LogP contribution in [0.15, 0.2) is 18.2 Å². The normalized spacial score (nSPS) is 23.7. The van der Waals surface area contributed by atoms with E-state index in [-0.39, 0.29) is 5.97 Å². The minimum Gasteiger partial charge on any atom is -0.426 e. The fourth-order valence-corrected chi connectivity index (χ4v) is 1.99. The maximum absolute atomic E-state index is 10.9. The Morgan fingerprint density at radius 2 is 2.00 bits per heavy atom. The quantitative estimate of drug-likeness (QED) is 0.534. The van der Waals surface area contributed by atoms with Crippen molar-refractivity contribution in [1.29, 1.82) is 0 Å². The highest BCUT2D eigenvalue weighted by molar-refractivity contribution is 5.70. The highest BCUT2D eigenvalue weighted by Crippen LogP contribution is 2.30. The van der Waals surface area contributed by atoms with E-state index in [1.54, 1.807) is 12.1 Å². The molecule has 2 atom stereocenters. The third kappa shape index (κ3) is 2.08. The summed E-state index contributed by atoms with van der Waals surface area (Å²) in [5, 5.41) is 19.1. The summed E-state index contributed by atoms with van der Waals surface area (Å²) in [5.74, 6) is 0.102. The fraction of sp³-hybridized carbons (Fsp3) is 0.417. The first-order chi connectivity index (χ1) is 7.58. The third-order valence-corrected chi connectivity index (χ3v) is 2.77. The third-order valence-electron chi connectivity index (χ3n) is 2.77. The molecule has 0 amide bonds. The number of aliphatic hydroxyl groups excluding tert-OH is 2. The lowest BCUT2D eigenvalue weighted by Crippen LogP contribution is -2.34. The Labute approximate surface area is 93.5 Å². The number of carbonyl (C=O) groups excluding carboxylic acids is 1. The lowest BCUT2D eigenvalue weighted by atomic mass is 9.87. The molecule has 0 aromatic heterocycles. The summed E-state index contributed by atoms with van der Waals surface area (Å²) >= 11 is 0. The van der Waals surface area contributed by atoms with Crippen LogP contribution in [0.1, 0.15) is 18.1 Å². The summed E-state index contributed by atoms with van der Waals surface area (Å²) in [4.78, 5) is 10.9. The molecule has 86 valence electrons. The highest BCUT2D eigenvalue weighted by Gasteiger charge is 2.27. The van der Waals surface area contributed by atoms with Gasteiger partial charge in [-0.05, 0) is 11.6 Å². The van der Waals surface area contributed by atoms with Gasteiger partial charge < -0.3 is 14.9 Å². The van der Waals surface area contributed by atoms with Crippen molar-refractivity contribution in [3.05, 3.63) is 29.3 Å². The van der Waals surface area contributed by atoms with Crippen LogP contribution in [0, 0.1) is 0 Å². The first-order valence-corrected chi connectivity index (χ1v) is 5.23. The van der Waals surface area contributed by atoms with Crippen LogP contribution >= 0.6 is 0 Å². The van der Waals surface area contributed by atoms with Gasteiger partial charge in [-0.2, -0.15) is 0 Å². The van der Waals surface area contributed by atoms with E-state index in [0.29, 0.717) is 18.6 Å². The van der Waals surface area contributed by atoms with E-state index < -0.39 is 12.2 Å². The van der Waals surface area contributed by atoms with E-state index in [1.807, 2.05) is 6.07 Å². The van der Waals surface area contributed by atoms with E-state index in [9.17, 15) is 15.0 Å². The van der Waals surface area contributed by atoms with Crippen LogP contribution in [0.3, 0.4) is 0 Å². The number of hydrogen-bond acceptors (Lipinski definition) is 4. The van der Waals surface area contributed by atoms with Crippen molar-refractivity contribution < 1.29 is 19.7 Å². The minimum atomic E-state index is -0.788. The average molecular weight is 222 g/mol. The van der Waals surface area contributed by atoms with Gasteiger partial charge in [0, 0.05) is 25.3 Å². The molecule has 0 aliphatic heterocycles. The van der Waals surface area contributed by atoms with Crippen molar-refractivity contribution in [2.24, 2.45) is 0 Å². The van der Waals surface area contributed by atoms with Gasteiger partial charge in [0.05, 0.1) is 12.2 Å². The second kappa shape index (κ2) is 4.23. The predicted octanol–water partition coefficient (Wildman–Crippen LogP) is 0.432. The Hall–Kier alpha value is -1.39. The Kier molecular flexibility index (Phi) is 2.94. The second-order valence-electron chi connectivity index (χ2n) is 4.03. The molecular formula is C12H14O4. The molecule has 0 saturated heterocycles. The van der Waals surface area contributed by atoms with Gasteiger partial charge in [0.2, 0.25) is 0 Å². The number of ether oxygens (including phenoxy) is 1. The van der Waals surface area contributed by atoms with Gasteiger partial charge in [0.15, 0.2) is 0 Å². The number of esters is 1. The standard InChI is InChI=1S/C12H14O4/c1-7(13)16-12-4-2-3-8-5-10(14)11(15)6-9(8)12/h2-4,10-11,14-15H,5-6H2,1H3/t10-,11-/m0/s1. The van der Waals surface area contributed by atoms with E-state index in [0.717, 1.165) is 11.1 Å². The zero-order valence-electron chi connectivity index (χ0n) is 9.01. The summed E-state index contributed by atoms with van der Waals surface area (Å²) in [7, 11) is 0. The lowest BCUT2D eigenvalue weighted by Gasteiger charge is -2.27. The number of hydrogen-bond donors (Lipinski definition) is 2. The molecule has 0 saturated carbocycles. The smallest absolute Gasteiger partial charge is 0.308 e. The topological polar surface area (TPSA) is 66.8 Å². The van der Waals surface area contributed by atoms with Gasteiger partial charge in [-0.1, -0.05) is 12.1 Å². The lowest BCUT2D eigenvalue weighted by molar-refractivity contribution is -0.132. The molecule has 16 heavy (non-hydrogen) atoms. The van der Waals surface area contributed by atoms with Crippen LogP contribution in [0.4, 0.5) is 0 Å².